The average Bonchev–Trinajstić information content (AvgIpc) is 2.60. The molecule has 82 valence electrons. The molecule has 0 fully saturated rings. The zero-order chi connectivity index (χ0) is 11.4. The molecule has 3 N–H and O–H groups in total. The number of nitrogens with zero attached hydrogens (tertiary/aromatic N) is 2. The van der Waals surface area contributed by atoms with Gasteiger partial charge in [0.2, 0.25) is 5.89 Å². The molecule has 8 heteroatoms. The number of hydrogen-bond donors (Lipinski definition) is 3. The van der Waals surface area contributed by atoms with E-state index in [4.69, 9.17) is 10.2 Å². The fourth-order valence-corrected chi connectivity index (χ4v) is 0.800. The van der Waals surface area contributed by atoms with E-state index in [1.54, 1.807) is 0 Å². The predicted molar refractivity (Wildman–Crippen MR) is 45.0 cm³/mol. The Labute approximate surface area is 83.9 Å². The molecular formula is C7H9N3O5. The number of aryl methyl sites for hydroxylation is 1. The summed E-state index contributed by atoms with van der Waals surface area (Å²) in [6.07, 6.45) is 0. The molecule has 15 heavy (non-hydrogen) atoms. The third-order valence-corrected chi connectivity index (χ3v) is 1.52. The lowest BCUT2D eigenvalue weighted by Gasteiger charge is -2.08. The Bertz CT molecular complexity index is 374. The molecule has 1 amide bonds. The second kappa shape index (κ2) is 4.51. The summed E-state index contributed by atoms with van der Waals surface area (Å²) in [6.45, 7) is 0.780. The van der Waals surface area contributed by atoms with Gasteiger partial charge in [0.05, 0.1) is 6.61 Å². The lowest BCUT2D eigenvalue weighted by molar-refractivity contribution is -0.140. The molecule has 1 heterocycles. The number of hydrogen-bond acceptors (Lipinski definition) is 6. The molecule has 8 nitrogen and oxygen atoms in total. The van der Waals surface area contributed by atoms with E-state index in [2.05, 4.69) is 14.7 Å². The summed E-state index contributed by atoms with van der Waals surface area (Å²) in [5, 5.41) is 22.5. The second-order valence-corrected chi connectivity index (χ2v) is 2.68. The first kappa shape index (κ1) is 11.1. The SMILES string of the molecule is Cc1nc(C(=O)N[C@@H](CO)C(=O)O)no1. The van der Waals surface area contributed by atoms with Gasteiger partial charge in [-0.3, -0.25) is 4.79 Å². The highest BCUT2D eigenvalue weighted by atomic mass is 16.5. The molecule has 0 radical (unpaired) electrons. The van der Waals surface area contributed by atoms with Crippen LogP contribution in [0.5, 0.6) is 0 Å². The van der Waals surface area contributed by atoms with Crippen LogP contribution < -0.4 is 5.32 Å². The Morgan fingerprint density at radius 1 is 1.60 bits per heavy atom. The fourth-order valence-electron chi connectivity index (χ4n) is 0.800. The molecule has 0 saturated heterocycles. The van der Waals surface area contributed by atoms with Gasteiger partial charge in [0.15, 0.2) is 6.04 Å². The Morgan fingerprint density at radius 2 is 2.27 bits per heavy atom. The molecule has 0 unspecified atom stereocenters. The molecular weight excluding hydrogens is 206 g/mol. The largest absolute Gasteiger partial charge is 0.480 e. The number of carbonyl (C=O) groups excluding carboxylic acids is 1. The number of aliphatic hydroxyl groups excluding tert-OH is 1. The Kier molecular flexibility index (Phi) is 3.34. The molecule has 0 aliphatic carbocycles. The van der Waals surface area contributed by atoms with E-state index in [-0.39, 0.29) is 11.7 Å². The van der Waals surface area contributed by atoms with Crippen molar-refractivity contribution in [1.82, 2.24) is 15.5 Å². The summed E-state index contributed by atoms with van der Waals surface area (Å²) in [5.74, 6) is -2.23. The highest BCUT2D eigenvalue weighted by Gasteiger charge is 2.22. The second-order valence-electron chi connectivity index (χ2n) is 2.68. The van der Waals surface area contributed by atoms with Crippen molar-refractivity contribution in [3.05, 3.63) is 11.7 Å². The van der Waals surface area contributed by atoms with Crippen LogP contribution in [-0.4, -0.2) is 44.9 Å². The van der Waals surface area contributed by atoms with Crippen molar-refractivity contribution in [2.24, 2.45) is 0 Å². The van der Waals surface area contributed by atoms with Gasteiger partial charge in [-0.05, 0) is 0 Å². The van der Waals surface area contributed by atoms with Crippen molar-refractivity contribution >= 4 is 11.9 Å². The molecule has 0 aromatic carbocycles. The van der Waals surface area contributed by atoms with Crippen LogP contribution in [0.15, 0.2) is 4.52 Å². The summed E-state index contributed by atoms with van der Waals surface area (Å²) in [6, 6.07) is -1.38. The number of amides is 1. The summed E-state index contributed by atoms with van der Waals surface area (Å²) >= 11 is 0. The van der Waals surface area contributed by atoms with E-state index >= 15 is 0 Å². The quantitative estimate of drug-likeness (QED) is 0.561. The third-order valence-electron chi connectivity index (χ3n) is 1.52. The van der Waals surface area contributed by atoms with Crippen LogP contribution in [0.25, 0.3) is 0 Å². The number of aromatic nitrogens is 2. The molecule has 0 saturated carbocycles. The lowest BCUT2D eigenvalue weighted by Crippen LogP contribution is -2.43. The van der Waals surface area contributed by atoms with Crippen LogP contribution in [-0.2, 0) is 4.79 Å². The number of aliphatic hydroxyl groups is 1. The summed E-state index contributed by atoms with van der Waals surface area (Å²) < 4.78 is 4.53. The van der Waals surface area contributed by atoms with E-state index < -0.39 is 24.5 Å². The van der Waals surface area contributed by atoms with Gasteiger partial charge in [-0.25, -0.2) is 4.79 Å². The first-order valence-corrected chi connectivity index (χ1v) is 3.99. The maximum atomic E-state index is 11.3. The lowest BCUT2D eigenvalue weighted by atomic mass is 10.3. The van der Waals surface area contributed by atoms with Gasteiger partial charge in [-0.2, -0.15) is 4.98 Å². The van der Waals surface area contributed by atoms with Crippen molar-refractivity contribution in [3.63, 3.8) is 0 Å². The normalized spacial score (nSPS) is 12.1. The first-order valence-electron chi connectivity index (χ1n) is 3.99. The summed E-state index contributed by atoms with van der Waals surface area (Å²) in [4.78, 5) is 25.3. The highest BCUT2D eigenvalue weighted by Crippen LogP contribution is 1.95. The Hall–Kier alpha value is -1.96. The Balaban J connectivity index is 2.66. The monoisotopic (exact) mass is 215 g/mol. The van der Waals surface area contributed by atoms with Crippen LogP contribution in [0.2, 0.25) is 0 Å². The fraction of sp³-hybridized carbons (Fsp3) is 0.429. The van der Waals surface area contributed by atoms with Crippen LogP contribution >= 0.6 is 0 Å². The minimum Gasteiger partial charge on any atom is -0.480 e. The van der Waals surface area contributed by atoms with Gasteiger partial charge in [0, 0.05) is 6.92 Å². The number of carboxylic acids is 1. The highest BCUT2D eigenvalue weighted by molar-refractivity contribution is 5.93. The van der Waals surface area contributed by atoms with Crippen molar-refractivity contribution in [2.45, 2.75) is 13.0 Å². The van der Waals surface area contributed by atoms with Gasteiger partial charge < -0.3 is 20.1 Å². The average molecular weight is 215 g/mol. The smallest absolute Gasteiger partial charge is 0.328 e. The molecule has 1 rings (SSSR count). The Morgan fingerprint density at radius 3 is 2.67 bits per heavy atom. The number of nitrogens with one attached hydrogen (secondary N) is 1. The maximum absolute atomic E-state index is 11.3. The third kappa shape index (κ3) is 2.74. The van der Waals surface area contributed by atoms with Gasteiger partial charge in [0.1, 0.15) is 0 Å². The zero-order valence-electron chi connectivity index (χ0n) is 7.80. The first-order chi connectivity index (χ1) is 7.04. The van der Waals surface area contributed by atoms with Crippen LogP contribution in [0.4, 0.5) is 0 Å². The summed E-state index contributed by atoms with van der Waals surface area (Å²) in [5.41, 5.74) is 0. The standard InChI is InChI=1S/C7H9N3O5/c1-3-8-5(10-15-3)6(12)9-4(2-11)7(13)14/h4,11H,2H2,1H3,(H,9,12)(H,13,14)/t4-/m0/s1. The van der Waals surface area contributed by atoms with E-state index in [9.17, 15) is 9.59 Å². The van der Waals surface area contributed by atoms with E-state index in [1.807, 2.05) is 5.32 Å². The van der Waals surface area contributed by atoms with E-state index in [1.165, 1.54) is 6.92 Å². The molecule has 0 aliphatic heterocycles. The van der Waals surface area contributed by atoms with Crippen LogP contribution in [0.3, 0.4) is 0 Å². The number of rotatable bonds is 4. The van der Waals surface area contributed by atoms with Crippen LogP contribution in [0.1, 0.15) is 16.5 Å². The molecule has 0 bridgehead atoms. The topological polar surface area (TPSA) is 126 Å². The molecule has 1 atom stereocenters. The van der Waals surface area contributed by atoms with E-state index in [0.717, 1.165) is 0 Å². The minimum atomic E-state index is -1.38. The van der Waals surface area contributed by atoms with E-state index in [0.29, 0.717) is 0 Å². The molecule has 0 spiro atoms. The number of carbonyl (C=O) groups is 2. The molecule has 0 aliphatic rings. The van der Waals surface area contributed by atoms with Crippen molar-refractivity contribution in [3.8, 4) is 0 Å². The van der Waals surface area contributed by atoms with Gasteiger partial charge in [-0.1, -0.05) is 5.16 Å². The number of carboxylic acid groups (broad SMARTS) is 1. The van der Waals surface area contributed by atoms with Crippen molar-refractivity contribution < 1.29 is 24.3 Å². The van der Waals surface area contributed by atoms with Gasteiger partial charge in [0.25, 0.3) is 11.7 Å². The molecule has 1 aromatic heterocycles. The van der Waals surface area contributed by atoms with Gasteiger partial charge in [-0.15, -0.1) is 0 Å². The summed E-state index contributed by atoms with van der Waals surface area (Å²) in [7, 11) is 0. The minimum absolute atomic E-state index is 0.191. The maximum Gasteiger partial charge on any atom is 0.328 e. The van der Waals surface area contributed by atoms with Crippen molar-refractivity contribution in [1.29, 1.82) is 0 Å². The number of aliphatic carboxylic acids is 1. The van der Waals surface area contributed by atoms with Gasteiger partial charge >= 0.3 is 5.97 Å². The zero-order valence-corrected chi connectivity index (χ0v) is 7.80. The van der Waals surface area contributed by atoms with Crippen LogP contribution in [0, 0.1) is 6.92 Å². The van der Waals surface area contributed by atoms with Crippen molar-refractivity contribution in [2.75, 3.05) is 6.61 Å². The predicted octanol–water partition coefficient (Wildman–Crippen LogP) is -1.45. The molecule has 1 aromatic rings.